The van der Waals surface area contributed by atoms with Crippen molar-refractivity contribution in [1.29, 1.82) is 10.5 Å². The zero-order valence-electron chi connectivity index (χ0n) is 14.2. The van der Waals surface area contributed by atoms with Gasteiger partial charge in [0.2, 0.25) is 0 Å². The van der Waals surface area contributed by atoms with Crippen LogP contribution in [0.1, 0.15) is 27.2 Å². The van der Waals surface area contributed by atoms with Crippen LogP contribution >= 0.6 is 0 Å². The molecule has 0 radical (unpaired) electrons. The van der Waals surface area contributed by atoms with Crippen LogP contribution in [0.2, 0.25) is 0 Å². The molecule has 0 N–H and O–H groups in total. The van der Waals surface area contributed by atoms with Gasteiger partial charge in [-0.05, 0) is 23.3 Å². The Balaban J connectivity index is 2.91. The molecule has 0 bridgehead atoms. The van der Waals surface area contributed by atoms with Gasteiger partial charge in [-0.2, -0.15) is 41.3 Å². The summed E-state index contributed by atoms with van der Waals surface area (Å²) in [5.41, 5.74) is -1.12. The summed E-state index contributed by atoms with van der Waals surface area (Å²) >= 11 is 0. The topological polar surface area (TPSA) is 47.6 Å². The first-order valence-electron chi connectivity index (χ1n) is 7.59. The molecule has 1 aliphatic rings. The lowest BCUT2D eigenvalue weighted by Gasteiger charge is -2.27. The predicted molar refractivity (Wildman–Crippen MR) is 78.9 cm³/mol. The summed E-state index contributed by atoms with van der Waals surface area (Å²) in [6.45, 7) is 5.73. The molecule has 0 aliphatic heterocycles. The molecule has 3 atom stereocenters. The highest BCUT2D eigenvalue weighted by atomic mass is 19.4. The van der Waals surface area contributed by atoms with Crippen LogP contribution in [0.3, 0.4) is 0 Å². The SMILES string of the molecule is CC(C)(C)C1C(C#N)C1C=CC=C(C#N)CC(F)(F)C(F)(F)C(F)(F)F. The first-order chi connectivity index (χ1) is 11.6. The summed E-state index contributed by atoms with van der Waals surface area (Å²) in [4.78, 5) is 0. The smallest absolute Gasteiger partial charge is 0.199 e. The van der Waals surface area contributed by atoms with Crippen LogP contribution in [0.25, 0.3) is 0 Å². The molecule has 2 nitrogen and oxygen atoms in total. The summed E-state index contributed by atoms with van der Waals surface area (Å²) < 4.78 is 88.8. The molecular weight excluding hydrogens is 365 g/mol. The number of nitrogens with zero attached hydrogens (tertiary/aromatic N) is 2. The number of hydrogen-bond acceptors (Lipinski definition) is 2. The minimum Gasteiger partial charge on any atom is -0.199 e. The van der Waals surface area contributed by atoms with Crippen molar-refractivity contribution in [2.75, 3.05) is 0 Å². The van der Waals surface area contributed by atoms with Gasteiger partial charge < -0.3 is 0 Å². The lowest BCUT2D eigenvalue weighted by molar-refractivity contribution is -0.353. The maximum Gasteiger partial charge on any atom is 0.459 e. The number of rotatable bonds is 5. The van der Waals surface area contributed by atoms with Crippen molar-refractivity contribution in [3.05, 3.63) is 23.8 Å². The van der Waals surface area contributed by atoms with Crippen molar-refractivity contribution in [3.63, 3.8) is 0 Å². The second-order valence-electron chi connectivity index (χ2n) is 7.27. The van der Waals surface area contributed by atoms with Gasteiger partial charge in [0.05, 0.1) is 24.5 Å². The normalized spacial score (nSPS) is 25.1. The molecule has 3 unspecified atom stereocenters. The number of hydrogen-bond donors (Lipinski definition) is 0. The number of alkyl halides is 7. The molecule has 1 rings (SSSR count). The van der Waals surface area contributed by atoms with Gasteiger partial charge in [-0.3, -0.25) is 0 Å². The molecule has 0 saturated heterocycles. The Bertz CT molecular complexity index is 669. The molecular formula is C17H17F7N2. The van der Waals surface area contributed by atoms with E-state index in [9.17, 15) is 30.7 Å². The van der Waals surface area contributed by atoms with Crippen LogP contribution in [0.5, 0.6) is 0 Å². The van der Waals surface area contributed by atoms with E-state index in [0.29, 0.717) is 0 Å². The predicted octanol–water partition coefficient (Wildman–Crippen LogP) is 5.65. The fourth-order valence-corrected chi connectivity index (χ4v) is 2.85. The van der Waals surface area contributed by atoms with Crippen molar-refractivity contribution in [1.82, 2.24) is 0 Å². The van der Waals surface area contributed by atoms with E-state index >= 15 is 0 Å². The third-order valence-electron chi connectivity index (χ3n) is 4.23. The van der Waals surface area contributed by atoms with E-state index in [1.165, 1.54) is 12.1 Å². The lowest BCUT2D eigenvalue weighted by atomic mass is 9.88. The van der Waals surface area contributed by atoms with Gasteiger partial charge in [0.25, 0.3) is 0 Å². The molecule has 1 fully saturated rings. The Morgan fingerprint density at radius 2 is 1.54 bits per heavy atom. The molecule has 1 saturated carbocycles. The fourth-order valence-electron chi connectivity index (χ4n) is 2.85. The average Bonchev–Trinajstić information content (AvgIpc) is 3.18. The third kappa shape index (κ3) is 4.38. The van der Waals surface area contributed by atoms with Gasteiger partial charge in [0.1, 0.15) is 0 Å². The van der Waals surface area contributed by atoms with Crippen LogP contribution in [0, 0.1) is 45.8 Å². The number of halogens is 7. The zero-order valence-corrected chi connectivity index (χ0v) is 14.2. The molecule has 0 amide bonds. The van der Waals surface area contributed by atoms with E-state index in [1.807, 2.05) is 20.8 Å². The Labute approximate surface area is 146 Å². The van der Waals surface area contributed by atoms with Crippen LogP contribution < -0.4 is 0 Å². The molecule has 0 spiro atoms. The Kier molecular flexibility index (Phi) is 5.88. The molecule has 0 aromatic carbocycles. The molecule has 0 aromatic rings. The highest BCUT2D eigenvalue weighted by molar-refractivity contribution is 5.30. The molecule has 0 heterocycles. The second-order valence-corrected chi connectivity index (χ2v) is 7.27. The second kappa shape index (κ2) is 6.94. The highest BCUT2D eigenvalue weighted by Crippen LogP contribution is 2.56. The van der Waals surface area contributed by atoms with E-state index in [-0.39, 0.29) is 23.2 Å². The molecule has 144 valence electrons. The van der Waals surface area contributed by atoms with E-state index in [4.69, 9.17) is 10.5 Å². The quantitative estimate of drug-likeness (QED) is 0.351. The van der Waals surface area contributed by atoms with Crippen LogP contribution in [-0.2, 0) is 0 Å². The van der Waals surface area contributed by atoms with Crippen LogP contribution in [0.15, 0.2) is 23.8 Å². The number of nitriles is 2. The van der Waals surface area contributed by atoms with Gasteiger partial charge in [-0.1, -0.05) is 32.9 Å². The zero-order chi connectivity index (χ0) is 20.6. The van der Waals surface area contributed by atoms with E-state index in [0.717, 1.165) is 12.2 Å². The number of allylic oxidation sites excluding steroid dienone is 4. The lowest BCUT2D eigenvalue weighted by Crippen LogP contribution is -2.52. The van der Waals surface area contributed by atoms with Gasteiger partial charge in [0, 0.05) is 5.57 Å². The van der Waals surface area contributed by atoms with Gasteiger partial charge in [-0.15, -0.1) is 0 Å². The summed E-state index contributed by atoms with van der Waals surface area (Å²) in [6, 6.07) is 3.30. The Morgan fingerprint density at radius 3 is 1.88 bits per heavy atom. The fraction of sp³-hybridized carbons (Fsp3) is 0.647. The summed E-state index contributed by atoms with van der Waals surface area (Å²) in [5, 5.41) is 17.8. The minimum absolute atomic E-state index is 0.00121. The van der Waals surface area contributed by atoms with Crippen molar-refractivity contribution >= 4 is 0 Å². The summed E-state index contributed by atoms with van der Waals surface area (Å²) in [5.74, 6) is -12.2. The maximum absolute atomic E-state index is 13.3. The van der Waals surface area contributed by atoms with E-state index < -0.39 is 30.0 Å². The monoisotopic (exact) mass is 382 g/mol. The van der Waals surface area contributed by atoms with Gasteiger partial charge >= 0.3 is 18.0 Å². The largest absolute Gasteiger partial charge is 0.459 e. The van der Waals surface area contributed by atoms with E-state index in [1.54, 1.807) is 0 Å². The summed E-state index contributed by atoms with van der Waals surface area (Å²) in [6.07, 6.45) is -5.09. The van der Waals surface area contributed by atoms with Crippen molar-refractivity contribution in [2.24, 2.45) is 23.2 Å². The van der Waals surface area contributed by atoms with Crippen molar-refractivity contribution in [3.8, 4) is 12.1 Å². The highest BCUT2D eigenvalue weighted by Gasteiger charge is 2.72. The first-order valence-corrected chi connectivity index (χ1v) is 7.59. The van der Waals surface area contributed by atoms with Crippen LogP contribution in [-0.4, -0.2) is 18.0 Å². The van der Waals surface area contributed by atoms with Crippen LogP contribution in [0.4, 0.5) is 30.7 Å². The van der Waals surface area contributed by atoms with Crippen molar-refractivity contribution < 1.29 is 30.7 Å². The van der Waals surface area contributed by atoms with E-state index in [2.05, 4.69) is 6.07 Å². The minimum atomic E-state index is -6.43. The van der Waals surface area contributed by atoms with Gasteiger partial charge in [0.15, 0.2) is 0 Å². The Morgan fingerprint density at radius 1 is 1.00 bits per heavy atom. The van der Waals surface area contributed by atoms with Gasteiger partial charge in [-0.25, -0.2) is 0 Å². The third-order valence-corrected chi connectivity index (χ3v) is 4.23. The molecule has 26 heavy (non-hydrogen) atoms. The average molecular weight is 382 g/mol. The standard InChI is InChI=1S/C17H17F7N2/c1-14(2,3)13-11(12(13)9-26)6-4-5-10(8-25)7-15(18,19)16(20,21)17(22,23)24/h4-6,11-13H,7H2,1-3H3. The molecule has 9 heteroatoms. The van der Waals surface area contributed by atoms with Crippen molar-refractivity contribution in [2.45, 2.75) is 45.2 Å². The molecule has 1 aliphatic carbocycles. The molecule has 0 aromatic heterocycles. The first kappa shape index (κ1) is 22.0. The summed E-state index contributed by atoms with van der Waals surface area (Å²) in [7, 11) is 0. The Hall–Kier alpha value is -2.03. The maximum atomic E-state index is 13.3.